The third-order valence-electron chi connectivity index (χ3n) is 8.95. The van der Waals surface area contributed by atoms with Gasteiger partial charge in [0.25, 0.3) is 5.91 Å². The molecule has 9 nitrogen and oxygen atoms in total. The Kier molecular flexibility index (Phi) is 7.66. The summed E-state index contributed by atoms with van der Waals surface area (Å²) in [5.41, 5.74) is 5.27. The third-order valence-corrected chi connectivity index (χ3v) is 9.85. The molecule has 0 spiro atoms. The minimum Gasteiger partial charge on any atom is -0.488 e. The fourth-order valence-electron chi connectivity index (χ4n) is 6.60. The summed E-state index contributed by atoms with van der Waals surface area (Å²) < 4.78 is 6.31. The van der Waals surface area contributed by atoms with E-state index in [0.29, 0.717) is 25.3 Å². The van der Waals surface area contributed by atoms with Crippen LogP contribution < -0.4 is 9.64 Å². The van der Waals surface area contributed by atoms with Gasteiger partial charge in [-0.05, 0) is 67.9 Å². The van der Waals surface area contributed by atoms with Crippen LogP contribution in [-0.4, -0.2) is 77.4 Å². The fourth-order valence-corrected chi connectivity index (χ4v) is 7.45. The number of aryl methyl sites for hydroxylation is 2. The quantitative estimate of drug-likeness (QED) is 0.435. The van der Waals surface area contributed by atoms with Crippen LogP contribution in [-0.2, 0) is 16.2 Å². The molecule has 3 aliphatic rings. The zero-order valence-corrected chi connectivity index (χ0v) is 25.0. The fraction of sp³-hybridized carbons (Fsp3) is 0.438. The van der Waals surface area contributed by atoms with E-state index >= 15 is 0 Å². The zero-order chi connectivity index (χ0) is 29.5. The maximum absolute atomic E-state index is 13.1. The van der Waals surface area contributed by atoms with Gasteiger partial charge in [0.1, 0.15) is 18.9 Å². The number of hydrogen-bond donors (Lipinski definition) is 1. The number of hydrogen-bond acceptors (Lipinski definition) is 7. The first kappa shape index (κ1) is 28.2. The van der Waals surface area contributed by atoms with Crippen molar-refractivity contribution >= 4 is 34.3 Å². The monoisotopic (exact) mass is 588 g/mol. The molecule has 0 radical (unpaired) electrons. The van der Waals surface area contributed by atoms with Crippen LogP contribution in [0.4, 0.5) is 5.13 Å². The van der Waals surface area contributed by atoms with Gasteiger partial charge in [0.2, 0.25) is 5.91 Å². The molecule has 10 heteroatoms. The van der Waals surface area contributed by atoms with Crippen LogP contribution in [0.1, 0.15) is 39.9 Å². The molecule has 2 bridgehead atoms. The minimum absolute atomic E-state index is 0.0479. The Hall–Kier alpha value is -3.92. The number of carbonyl (C=O) groups excluding carboxylic acids is 2. The van der Waals surface area contributed by atoms with Crippen LogP contribution >= 0.6 is 11.3 Å². The second-order valence-corrected chi connectivity index (χ2v) is 12.7. The number of nitrogens with zero attached hydrogens (tertiary/aromatic N) is 4. The molecule has 42 heavy (non-hydrogen) atoms. The Labute approximate surface area is 249 Å². The van der Waals surface area contributed by atoms with Gasteiger partial charge in [0, 0.05) is 49.7 Å². The molecular weight excluding hydrogens is 552 g/mol. The average Bonchev–Trinajstić information content (AvgIpc) is 3.56. The Bertz CT molecular complexity index is 1520. The van der Waals surface area contributed by atoms with Crippen molar-refractivity contribution in [3.63, 3.8) is 0 Å². The van der Waals surface area contributed by atoms with Gasteiger partial charge in [-0.2, -0.15) is 0 Å². The summed E-state index contributed by atoms with van der Waals surface area (Å²) in [5.74, 6) is 0.0305. The topological polar surface area (TPSA) is 103 Å². The highest BCUT2D eigenvalue weighted by atomic mass is 32.1. The van der Waals surface area contributed by atoms with Crippen LogP contribution in [0.5, 0.6) is 5.75 Å². The van der Waals surface area contributed by atoms with Gasteiger partial charge in [-0.3, -0.25) is 14.4 Å². The number of ether oxygens (including phenoxy) is 1. The average molecular weight is 589 g/mol. The Morgan fingerprint density at radius 2 is 1.83 bits per heavy atom. The second-order valence-electron chi connectivity index (χ2n) is 11.9. The van der Waals surface area contributed by atoms with Crippen molar-refractivity contribution in [2.45, 2.75) is 33.3 Å². The third kappa shape index (κ3) is 5.47. The first-order valence-electron chi connectivity index (χ1n) is 14.5. The molecule has 2 amide bonds. The SMILES string of the molecule is Cc1ccc(OCc2ccc(C(=O)N3CCN(C)C(=O)C3)c(C)c2)c(-c2csc(N3CC4CCC(C3)C4C(=O)O)n2)c1. The molecule has 1 saturated carbocycles. The molecule has 2 aromatic carbocycles. The highest BCUT2D eigenvalue weighted by molar-refractivity contribution is 7.14. The number of piperazine rings is 1. The van der Waals surface area contributed by atoms with E-state index in [1.807, 2.05) is 44.2 Å². The number of piperidine rings is 1. The van der Waals surface area contributed by atoms with E-state index in [2.05, 4.69) is 16.3 Å². The van der Waals surface area contributed by atoms with Crippen molar-refractivity contribution in [3.8, 4) is 17.0 Å². The lowest BCUT2D eigenvalue weighted by molar-refractivity contribution is -0.144. The number of likely N-dealkylation sites (N-methyl/N-ethyl adjacent to an activating group) is 1. The molecule has 1 aliphatic carbocycles. The van der Waals surface area contributed by atoms with Gasteiger partial charge in [-0.1, -0.05) is 23.8 Å². The normalized spacial score (nSPS) is 22.0. The lowest BCUT2D eigenvalue weighted by atomic mass is 9.85. The van der Waals surface area contributed by atoms with Gasteiger partial charge in [0.15, 0.2) is 5.13 Å². The number of carbonyl (C=O) groups is 3. The number of carboxylic acids is 1. The van der Waals surface area contributed by atoms with Crippen LogP contribution in [0.2, 0.25) is 0 Å². The number of aromatic nitrogens is 1. The van der Waals surface area contributed by atoms with Crippen molar-refractivity contribution in [2.24, 2.45) is 17.8 Å². The molecule has 2 atom stereocenters. The molecule has 2 saturated heterocycles. The Morgan fingerprint density at radius 3 is 2.52 bits per heavy atom. The number of carboxylic acid groups (broad SMARTS) is 1. The van der Waals surface area contributed by atoms with Crippen LogP contribution in [0, 0.1) is 31.6 Å². The number of amides is 2. The molecule has 3 fully saturated rings. The van der Waals surface area contributed by atoms with E-state index in [1.165, 1.54) is 0 Å². The van der Waals surface area contributed by atoms with Crippen molar-refractivity contribution in [1.29, 1.82) is 0 Å². The maximum atomic E-state index is 13.1. The molecule has 3 aromatic rings. The molecular formula is C32H36N4O5S. The van der Waals surface area contributed by atoms with Crippen molar-refractivity contribution in [2.75, 3.05) is 44.7 Å². The van der Waals surface area contributed by atoms with Gasteiger partial charge in [-0.25, -0.2) is 4.98 Å². The molecule has 3 heterocycles. The van der Waals surface area contributed by atoms with Crippen LogP contribution in [0.3, 0.4) is 0 Å². The lowest BCUT2D eigenvalue weighted by Gasteiger charge is -2.35. The predicted molar refractivity (Wildman–Crippen MR) is 161 cm³/mol. The molecule has 6 rings (SSSR count). The number of rotatable bonds is 7. The summed E-state index contributed by atoms with van der Waals surface area (Å²) in [4.78, 5) is 47.4. The second kappa shape index (κ2) is 11.4. The molecule has 2 aliphatic heterocycles. The molecule has 1 N–H and O–H groups in total. The maximum Gasteiger partial charge on any atom is 0.307 e. The van der Waals surface area contributed by atoms with Crippen molar-refractivity contribution < 1.29 is 24.2 Å². The van der Waals surface area contributed by atoms with Crippen LogP contribution in [0.15, 0.2) is 41.8 Å². The molecule has 220 valence electrons. The predicted octanol–water partition coefficient (Wildman–Crippen LogP) is 4.47. The summed E-state index contributed by atoms with van der Waals surface area (Å²) >= 11 is 1.59. The van der Waals surface area contributed by atoms with E-state index in [-0.39, 0.29) is 36.1 Å². The van der Waals surface area contributed by atoms with Crippen LogP contribution in [0.25, 0.3) is 11.3 Å². The van der Waals surface area contributed by atoms with Crippen molar-refractivity contribution in [1.82, 2.24) is 14.8 Å². The summed E-state index contributed by atoms with van der Waals surface area (Å²) in [6.07, 6.45) is 1.94. The summed E-state index contributed by atoms with van der Waals surface area (Å²) in [6, 6.07) is 11.8. The largest absolute Gasteiger partial charge is 0.488 e. The smallest absolute Gasteiger partial charge is 0.307 e. The Morgan fingerprint density at radius 1 is 1.07 bits per heavy atom. The summed E-state index contributed by atoms with van der Waals surface area (Å²) in [7, 11) is 1.76. The van der Waals surface area contributed by atoms with E-state index in [4.69, 9.17) is 9.72 Å². The zero-order valence-electron chi connectivity index (χ0n) is 24.2. The molecule has 1 aromatic heterocycles. The highest BCUT2D eigenvalue weighted by Crippen LogP contribution is 2.44. The van der Waals surface area contributed by atoms with Gasteiger partial charge >= 0.3 is 5.97 Å². The van der Waals surface area contributed by atoms with Gasteiger partial charge in [-0.15, -0.1) is 11.3 Å². The van der Waals surface area contributed by atoms with E-state index in [9.17, 15) is 19.5 Å². The number of aliphatic carboxylic acids is 1. The first-order valence-corrected chi connectivity index (χ1v) is 15.4. The number of fused-ring (bicyclic) bond motifs is 2. The Balaban J connectivity index is 1.15. The van der Waals surface area contributed by atoms with Crippen molar-refractivity contribution in [3.05, 3.63) is 64.0 Å². The number of anilines is 1. The highest BCUT2D eigenvalue weighted by Gasteiger charge is 2.46. The van der Waals surface area contributed by atoms with E-state index in [0.717, 1.165) is 64.8 Å². The van der Waals surface area contributed by atoms with Gasteiger partial charge in [0.05, 0.1) is 11.6 Å². The summed E-state index contributed by atoms with van der Waals surface area (Å²) in [6.45, 7) is 6.94. The lowest BCUT2D eigenvalue weighted by Crippen LogP contribution is -2.50. The molecule has 2 unspecified atom stereocenters. The number of benzene rings is 2. The number of thiazole rings is 1. The van der Waals surface area contributed by atoms with E-state index < -0.39 is 5.97 Å². The van der Waals surface area contributed by atoms with E-state index in [1.54, 1.807) is 28.2 Å². The summed E-state index contributed by atoms with van der Waals surface area (Å²) in [5, 5.41) is 12.6. The van der Waals surface area contributed by atoms with Gasteiger partial charge < -0.3 is 24.5 Å². The first-order chi connectivity index (χ1) is 20.2. The standard InChI is InChI=1S/C32H36N4O5S/c1-19-4-9-27(41-17-21-5-8-24(20(2)13-21)30(38)35-11-10-34(3)28(37)16-35)25(12-19)26-18-42-32(33-26)36-14-22-6-7-23(15-36)29(22)31(39)40/h4-5,8-9,12-13,18,22-23,29H,6-7,10-11,14-17H2,1-3H3,(H,39,40). The minimum atomic E-state index is -0.661.